The van der Waals surface area contributed by atoms with Crippen LogP contribution in [0.3, 0.4) is 0 Å². The number of aromatic nitrogens is 1. The molecule has 0 aromatic carbocycles. The van der Waals surface area contributed by atoms with E-state index in [1.807, 2.05) is 23.1 Å². The number of nitrogens with zero attached hydrogens (tertiary/aromatic N) is 4. The second-order valence-electron chi connectivity index (χ2n) is 8.77. The lowest BCUT2D eigenvalue weighted by Crippen LogP contribution is -2.49. The highest BCUT2D eigenvalue weighted by Crippen LogP contribution is 2.43. The highest BCUT2D eigenvalue weighted by atomic mass is 16.6. The van der Waals surface area contributed by atoms with Gasteiger partial charge in [-0.25, -0.2) is 4.98 Å². The number of hydrogen-bond donors (Lipinski definition) is 0. The molecule has 0 aliphatic carbocycles. The molecule has 1 spiro atoms. The molecule has 3 aliphatic rings. The van der Waals surface area contributed by atoms with Gasteiger partial charge in [0.25, 0.3) is 0 Å². The molecule has 8 nitrogen and oxygen atoms in total. The zero-order valence-electron chi connectivity index (χ0n) is 18.0. The normalized spacial score (nSPS) is 24.8. The summed E-state index contributed by atoms with van der Waals surface area (Å²) in [6.45, 7) is 8.13. The van der Waals surface area contributed by atoms with Crippen LogP contribution in [0.15, 0.2) is 18.2 Å². The molecule has 0 N–H and O–H groups in total. The number of pyridine rings is 1. The number of piperidine rings is 1. The predicted molar refractivity (Wildman–Crippen MR) is 111 cm³/mol. The molecular weight excluding hydrogens is 384 g/mol. The van der Waals surface area contributed by atoms with Crippen molar-refractivity contribution < 1.29 is 19.1 Å². The van der Waals surface area contributed by atoms with Crippen LogP contribution in [0.25, 0.3) is 0 Å². The molecule has 8 heteroatoms. The molecule has 0 bridgehead atoms. The minimum Gasteiger partial charge on any atom is -0.481 e. The van der Waals surface area contributed by atoms with Crippen molar-refractivity contribution in [1.82, 2.24) is 19.7 Å². The fraction of sp³-hybridized carbons (Fsp3) is 0.682. The lowest BCUT2D eigenvalue weighted by molar-refractivity contribution is -0.151. The number of carbonyl (C=O) groups is 2. The summed E-state index contributed by atoms with van der Waals surface area (Å²) >= 11 is 0. The lowest BCUT2D eigenvalue weighted by atomic mass is 9.76. The molecule has 1 unspecified atom stereocenters. The lowest BCUT2D eigenvalue weighted by Gasteiger charge is -2.37. The summed E-state index contributed by atoms with van der Waals surface area (Å²) in [6.07, 6.45) is 2.45. The van der Waals surface area contributed by atoms with Crippen molar-refractivity contribution >= 4 is 11.9 Å². The number of methoxy groups -OCH3 is 1. The van der Waals surface area contributed by atoms with Crippen LogP contribution >= 0.6 is 0 Å². The number of cyclic esters (lactones) is 1. The molecule has 4 heterocycles. The monoisotopic (exact) mass is 416 g/mol. The van der Waals surface area contributed by atoms with Crippen LogP contribution in [0.4, 0.5) is 0 Å². The van der Waals surface area contributed by atoms with Crippen molar-refractivity contribution in [2.45, 2.75) is 38.8 Å². The van der Waals surface area contributed by atoms with Gasteiger partial charge in [-0.2, -0.15) is 0 Å². The molecule has 0 saturated carbocycles. The van der Waals surface area contributed by atoms with Crippen molar-refractivity contribution in [1.29, 1.82) is 0 Å². The number of amides is 1. The summed E-state index contributed by atoms with van der Waals surface area (Å²) < 4.78 is 11.0. The summed E-state index contributed by atoms with van der Waals surface area (Å²) in [6, 6.07) is 5.82. The minimum atomic E-state index is -0.329. The first-order chi connectivity index (χ1) is 14.5. The topological polar surface area (TPSA) is 75.2 Å². The smallest absolute Gasteiger partial charge is 0.312 e. The SMILES string of the molecule is COc1cccc(CN2CCC3(CC2)CC(CN2CCN(C(C)=O)CC2)OC3=O)n1. The van der Waals surface area contributed by atoms with Crippen LogP contribution in [0, 0.1) is 5.41 Å². The molecule has 3 aliphatic heterocycles. The first-order valence-electron chi connectivity index (χ1n) is 10.9. The Morgan fingerprint density at radius 2 is 1.90 bits per heavy atom. The van der Waals surface area contributed by atoms with Gasteiger partial charge in [0.1, 0.15) is 6.10 Å². The summed E-state index contributed by atoms with van der Waals surface area (Å²) in [5.74, 6) is 0.748. The van der Waals surface area contributed by atoms with E-state index in [0.717, 1.165) is 77.3 Å². The van der Waals surface area contributed by atoms with Gasteiger partial charge in [-0.1, -0.05) is 6.07 Å². The van der Waals surface area contributed by atoms with E-state index in [0.29, 0.717) is 5.88 Å². The Morgan fingerprint density at radius 3 is 2.57 bits per heavy atom. The molecule has 3 saturated heterocycles. The molecular formula is C22H32N4O4. The fourth-order valence-electron chi connectivity index (χ4n) is 4.91. The number of likely N-dealkylation sites (tertiary alicyclic amines) is 1. The van der Waals surface area contributed by atoms with E-state index in [4.69, 9.17) is 9.47 Å². The van der Waals surface area contributed by atoms with Gasteiger partial charge in [0.05, 0.1) is 18.2 Å². The molecule has 1 amide bonds. The van der Waals surface area contributed by atoms with E-state index in [9.17, 15) is 9.59 Å². The van der Waals surface area contributed by atoms with Crippen molar-refractivity contribution in [2.24, 2.45) is 5.41 Å². The Labute approximate surface area is 178 Å². The predicted octanol–water partition coefficient (Wildman–Crippen LogP) is 1.15. The second kappa shape index (κ2) is 8.89. The minimum absolute atomic E-state index is 0.0194. The van der Waals surface area contributed by atoms with Gasteiger partial charge < -0.3 is 14.4 Å². The Bertz CT molecular complexity index is 770. The molecule has 3 fully saturated rings. The van der Waals surface area contributed by atoms with Crippen LogP contribution in [0.5, 0.6) is 5.88 Å². The van der Waals surface area contributed by atoms with E-state index in [1.54, 1.807) is 14.0 Å². The zero-order valence-corrected chi connectivity index (χ0v) is 18.0. The van der Waals surface area contributed by atoms with Gasteiger partial charge >= 0.3 is 5.97 Å². The second-order valence-corrected chi connectivity index (χ2v) is 8.77. The quantitative estimate of drug-likeness (QED) is 0.667. The molecule has 1 aromatic rings. The van der Waals surface area contributed by atoms with E-state index in [2.05, 4.69) is 14.8 Å². The number of hydrogen-bond acceptors (Lipinski definition) is 7. The number of piperazine rings is 1. The average Bonchev–Trinajstić information content (AvgIpc) is 3.04. The molecule has 0 radical (unpaired) electrons. The Hall–Kier alpha value is -2.19. The summed E-state index contributed by atoms with van der Waals surface area (Å²) in [5.41, 5.74) is 0.659. The third-order valence-electron chi connectivity index (χ3n) is 6.79. The number of ether oxygens (including phenoxy) is 2. The Kier molecular flexibility index (Phi) is 6.24. The third-order valence-corrected chi connectivity index (χ3v) is 6.79. The average molecular weight is 417 g/mol. The highest BCUT2D eigenvalue weighted by Gasteiger charge is 2.50. The molecule has 164 valence electrons. The maximum absolute atomic E-state index is 12.8. The van der Waals surface area contributed by atoms with E-state index >= 15 is 0 Å². The van der Waals surface area contributed by atoms with E-state index < -0.39 is 0 Å². The van der Waals surface area contributed by atoms with Crippen molar-refractivity contribution in [3.63, 3.8) is 0 Å². The van der Waals surface area contributed by atoms with Gasteiger partial charge in [0.15, 0.2) is 0 Å². The van der Waals surface area contributed by atoms with Gasteiger partial charge in [-0.3, -0.25) is 19.4 Å². The van der Waals surface area contributed by atoms with Gasteiger partial charge in [0, 0.05) is 58.7 Å². The van der Waals surface area contributed by atoms with E-state index in [1.165, 1.54) is 0 Å². The van der Waals surface area contributed by atoms with Crippen LogP contribution in [-0.2, 0) is 20.9 Å². The standard InChI is InChI=1S/C22H32N4O4/c1-17(27)26-12-10-25(11-13-26)16-19-14-22(21(28)30-19)6-8-24(9-7-22)15-18-4-3-5-20(23-18)29-2/h3-5,19H,6-16H2,1-2H3. The molecule has 1 aromatic heterocycles. The van der Waals surface area contributed by atoms with Crippen molar-refractivity contribution in [2.75, 3.05) is 52.9 Å². The largest absolute Gasteiger partial charge is 0.481 e. The van der Waals surface area contributed by atoms with E-state index in [-0.39, 0.29) is 23.4 Å². The number of esters is 1. The fourth-order valence-corrected chi connectivity index (χ4v) is 4.91. The molecule has 30 heavy (non-hydrogen) atoms. The first-order valence-corrected chi connectivity index (χ1v) is 10.9. The van der Waals surface area contributed by atoms with Crippen molar-refractivity contribution in [3.05, 3.63) is 23.9 Å². The van der Waals surface area contributed by atoms with Gasteiger partial charge in [-0.15, -0.1) is 0 Å². The van der Waals surface area contributed by atoms with Crippen LogP contribution in [0.1, 0.15) is 31.9 Å². The summed E-state index contributed by atoms with van der Waals surface area (Å²) in [5, 5.41) is 0. The third kappa shape index (κ3) is 4.59. The van der Waals surface area contributed by atoms with Gasteiger partial charge in [0.2, 0.25) is 11.8 Å². The summed E-state index contributed by atoms with van der Waals surface area (Å²) in [7, 11) is 1.63. The van der Waals surface area contributed by atoms with Crippen molar-refractivity contribution in [3.8, 4) is 5.88 Å². The number of carbonyl (C=O) groups excluding carboxylic acids is 2. The summed E-state index contributed by atoms with van der Waals surface area (Å²) in [4.78, 5) is 35.3. The first kappa shape index (κ1) is 21.1. The number of rotatable bonds is 5. The Morgan fingerprint density at radius 1 is 1.17 bits per heavy atom. The molecule has 1 atom stereocenters. The van der Waals surface area contributed by atoms with Crippen LogP contribution in [-0.4, -0.2) is 90.6 Å². The van der Waals surface area contributed by atoms with Crippen LogP contribution in [0.2, 0.25) is 0 Å². The Balaban J connectivity index is 1.27. The maximum atomic E-state index is 12.8. The maximum Gasteiger partial charge on any atom is 0.312 e. The zero-order chi connectivity index (χ0) is 21.1. The highest BCUT2D eigenvalue weighted by molar-refractivity contribution is 5.79. The molecule has 4 rings (SSSR count). The van der Waals surface area contributed by atoms with Gasteiger partial charge in [-0.05, 0) is 32.0 Å². The van der Waals surface area contributed by atoms with Crippen LogP contribution < -0.4 is 4.74 Å².